The third-order valence-electron chi connectivity index (χ3n) is 2.13. The van der Waals surface area contributed by atoms with Gasteiger partial charge in [0.05, 0.1) is 0 Å². The number of hydrogen-bond acceptors (Lipinski definition) is 5. The van der Waals surface area contributed by atoms with Crippen molar-refractivity contribution in [1.82, 2.24) is 0 Å². The van der Waals surface area contributed by atoms with E-state index in [4.69, 9.17) is 15.2 Å². The van der Waals surface area contributed by atoms with Crippen LogP contribution in [-0.2, 0) is 14.3 Å². The Morgan fingerprint density at radius 1 is 1.35 bits per heavy atom. The molecule has 0 fully saturated rings. The SMILES string of the molecule is NC(=O)COC(=O)C1COc2ccccc2O1. The number of nitrogens with two attached hydrogens (primary N) is 1. The first kappa shape index (κ1) is 11.3. The van der Waals surface area contributed by atoms with Crippen molar-refractivity contribution in [3.05, 3.63) is 24.3 Å². The molecule has 90 valence electrons. The van der Waals surface area contributed by atoms with Gasteiger partial charge in [-0.05, 0) is 12.1 Å². The standard InChI is InChI=1S/C11H11NO5/c12-10(13)6-16-11(14)9-5-15-7-3-1-2-4-8(7)17-9/h1-4,9H,5-6H2,(H2,12,13). The number of benzene rings is 1. The van der Waals surface area contributed by atoms with Crippen LogP contribution < -0.4 is 15.2 Å². The monoisotopic (exact) mass is 237 g/mol. The summed E-state index contributed by atoms with van der Waals surface area (Å²) in [4.78, 5) is 21.9. The number of rotatable bonds is 3. The van der Waals surface area contributed by atoms with Crippen LogP contribution in [0, 0.1) is 0 Å². The van der Waals surface area contributed by atoms with Gasteiger partial charge in [-0.2, -0.15) is 0 Å². The molecule has 0 saturated heterocycles. The minimum absolute atomic E-state index is 0.0502. The van der Waals surface area contributed by atoms with Gasteiger partial charge in [-0.15, -0.1) is 0 Å². The largest absolute Gasteiger partial charge is 0.485 e. The molecule has 0 aromatic heterocycles. The fourth-order valence-corrected chi connectivity index (χ4v) is 1.37. The third-order valence-corrected chi connectivity index (χ3v) is 2.13. The van der Waals surface area contributed by atoms with E-state index in [0.29, 0.717) is 11.5 Å². The molecule has 1 aromatic carbocycles. The summed E-state index contributed by atoms with van der Waals surface area (Å²) in [5.41, 5.74) is 4.86. The summed E-state index contributed by atoms with van der Waals surface area (Å²) in [6.45, 7) is -0.408. The number of carbonyl (C=O) groups is 2. The summed E-state index contributed by atoms with van der Waals surface area (Å²) in [6.07, 6.45) is -0.871. The van der Waals surface area contributed by atoms with E-state index in [2.05, 4.69) is 4.74 Å². The molecule has 1 heterocycles. The van der Waals surface area contributed by atoms with E-state index >= 15 is 0 Å². The molecule has 6 nitrogen and oxygen atoms in total. The molecule has 1 amide bonds. The summed E-state index contributed by atoms with van der Waals surface area (Å²) in [6, 6.07) is 6.98. The van der Waals surface area contributed by atoms with Crippen molar-refractivity contribution in [3.63, 3.8) is 0 Å². The molecule has 1 aliphatic rings. The first-order valence-electron chi connectivity index (χ1n) is 5.00. The van der Waals surface area contributed by atoms with Crippen molar-refractivity contribution in [2.75, 3.05) is 13.2 Å². The highest BCUT2D eigenvalue weighted by molar-refractivity contribution is 5.81. The van der Waals surface area contributed by atoms with Crippen molar-refractivity contribution >= 4 is 11.9 Å². The number of esters is 1. The molecule has 2 rings (SSSR count). The van der Waals surface area contributed by atoms with Gasteiger partial charge in [0.15, 0.2) is 18.1 Å². The zero-order valence-electron chi connectivity index (χ0n) is 8.92. The highest BCUT2D eigenvalue weighted by Gasteiger charge is 2.28. The van der Waals surface area contributed by atoms with Gasteiger partial charge in [-0.25, -0.2) is 4.79 Å². The topological polar surface area (TPSA) is 87.9 Å². The fraction of sp³-hybridized carbons (Fsp3) is 0.273. The molecule has 1 aliphatic heterocycles. The second-order valence-corrected chi connectivity index (χ2v) is 3.44. The summed E-state index contributed by atoms with van der Waals surface area (Å²) in [5.74, 6) is -0.333. The van der Waals surface area contributed by atoms with Gasteiger partial charge < -0.3 is 19.9 Å². The van der Waals surface area contributed by atoms with E-state index in [-0.39, 0.29) is 6.61 Å². The van der Waals surface area contributed by atoms with E-state index in [0.717, 1.165) is 0 Å². The highest BCUT2D eigenvalue weighted by atomic mass is 16.6. The Labute approximate surface area is 97.3 Å². The predicted molar refractivity (Wildman–Crippen MR) is 56.5 cm³/mol. The average molecular weight is 237 g/mol. The maximum Gasteiger partial charge on any atom is 0.351 e. The lowest BCUT2D eigenvalue weighted by atomic mass is 10.2. The number of primary amides is 1. The van der Waals surface area contributed by atoms with Gasteiger partial charge in [-0.1, -0.05) is 12.1 Å². The van der Waals surface area contributed by atoms with Crippen LogP contribution in [0.3, 0.4) is 0 Å². The molecular formula is C11H11NO5. The van der Waals surface area contributed by atoms with Crippen LogP contribution in [0.25, 0.3) is 0 Å². The molecular weight excluding hydrogens is 226 g/mol. The van der Waals surface area contributed by atoms with Crippen molar-refractivity contribution in [3.8, 4) is 11.5 Å². The zero-order chi connectivity index (χ0) is 12.3. The van der Waals surface area contributed by atoms with Crippen LogP contribution in [0.15, 0.2) is 24.3 Å². The van der Waals surface area contributed by atoms with Crippen LogP contribution in [0.5, 0.6) is 11.5 Å². The Morgan fingerprint density at radius 3 is 2.76 bits per heavy atom. The predicted octanol–water partition coefficient (Wildman–Crippen LogP) is -0.145. The van der Waals surface area contributed by atoms with Gasteiger partial charge in [0.2, 0.25) is 6.10 Å². The number of fused-ring (bicyclic) bond motifs is 1. The molecule has 0 aliphatic carbocycles. The van der Waals surface area contributed by atoms with Crippen LogP contribution in [0.2, 0.25) is 0 Å². The van der Waals surface area contributed by atoms with Gasteiger partial charge in [0.1, 0.15) is 6.61 Å². The molecule has 2 N–H and O–H groups in total. The van der Waals surface area contributed by atoms with E-state index in [1.165, 1.54) is 0 Å². The number of para-hydroxylation sites is 2. The lowest BCUT2D eigenvalue weighted by molar-refractivity contribution is -0.157. The molecule has 0 radical (unpaired) electrons. The maximum absolute atomic E-state index is 11.5. The molecule has 1 unspecified atom stereocenters. The Hall–Kier alpha value is -2.24. The summed E-state index contributed by atoms with van der Waals surface area (Å²) in [5, 5.41) is 0. The van der Waals surface area contributed by atoms with Crippen LogP contribution in [-0.4, -0.2) is 31.2 Å². The maximum atomic E-state index is 11.5. The average Bonchev–Trinajstić information content (AvgIpc) is 2.35. The molecule has 1 aromatic rings. The summed E-state index contributed by atoms with van der Waals surface area (Å²) >= 11 is 0. The Bertz CT molecular complexity index is 445. The van der Waals surface area contributed by atoms with Crippen molar-refractivity contribution in [1.29, 1.82) is 0 Å². The van der Waals surface area contributed by atoms with Crippen molar-refractivity contribution in [2.45, 2.75) is 6.10 Å². The molecule has 1 atom stereocenters. The quantitative estimate of drug-likeness (QED) is 0.739. The first-order chi connectivity index (χ1) is 8.16. The Morgan fingerprint density at radius 2 is 2.06 bits per heavy atom. The van der Waals surface area contributed by atoms with Crippen LogP contribution in [0.4, 0.5) is 0 Å². The Balaban J connectivity index is 1.97. The van der Waals surface area contributed by atoms with E-state index in [1.807, 2.05) is 0 Å². The number of ether oxygens (including phenoxy) is 3. The van der Waals surface area contributed by atoms with Gasteiger partial charge >= 0.3 is 5.97 Å². The van der Waals surface area contributed by atoms with Crippen molar-refractivity contribution < 1.29 is 23.8 Å². The fourth-order valence-electron chi connectivity index (χ4n) is 1.37. The van der Waals surface area contributed by atoms with E-state index in [1.54, 1.807) is 24.3 Å². The smallest absolute Gasteiger partial charge is 0.351 e. The second-order valence-electron chi connectivity index (χ2n) is 3.44. The van der Waals surface area contributed by atoms with E-state index < -0.39 is 24.6 Å². The van der Waals surface area contributed by atoms with Crippen LogP contribution in [0.1, 0.15) is 0 Å². The molecule has 17 heavy (non-hydrogen) atoms. The normalized spacial score (nSPS) is 17.3. The molecule has 6 heteroatoms. The van der Waals surface area contributed by atoms with Gasteiger partial charge in [-0.3, -0.25) is 4.79 Å². The summed E-state index contributed by atoms with van der Waals surface area (Å²) < 4.78 is 15.3. The highest BCUT2D eigenvalue weighted by Crippen LogP contribution is 2.30. The minimum Gasteiger partial charge on any atom is -0.485 e. The Kier molecular flexibility index (Phi) is 3.13. The number of hydrogen-bond donors (Lipinski definition) is 1. The zero-order valence-corrected chi connectivity index (χ0v) is 8.92. The number of amides is 1. The lowest BCUT2D eigenvalue weighted by Gasteiger charge is -2.24. The first-order valence-corrected chi connectivity index (χ1v) is 5.00. The van der Waals surface area contributed by atoms with Gasteiger partial charge in [0.25, 0.3) is 5.91 Å². The summed E-state index contributed by atoms with van der Waals surface area (Å²) in [7, 11) is 0. The second kappa shape index (κ2) is 4.73. The van der Waals surface area contributed by atoms with Gasteiger partial charge in [0, 0.05) is 0 Å². The molecule has 0 saturated carbocycles. The minimum atomic E-state index is -0.871. The number of carbonyl (C=O) groups excluding carboxylic acids is 2. The third kappa shape index (κ3) is 2.66. The van der Waals surface area contributed by atoms with E-state index in [9.17, 15) is 9.59 Å². The molecule has 0 bridgehead atoms. The lowest BCUT2D eigenvalue weighted by Crippen LogP contribution is -2.39. The van der Waals surface area contributed by atoms with Crippen molar-refractivity contribution in [2.24, 2.45) is 5.73 Å². The molecule has 0 spiro atoms. The van der Waals surface area contributed by atoms with Crippen LogP contribution >= 0.6 is 0 Å².